The van der Waals surface area contributed by atoms with Gasteiger partial charge in [-0.15, -0.1) is 11.3 Å². The summed E-state index contributed by atoms with van der Waals surface area (Å²) in [6.07, 6.45) is 6.95. The fourth-order valence-electron chi connectivity index (χ4n) is 10.0. The summed E-state index contributed by atoms with van der Waals surface area (Å²) >= 11 is 1.87. The predicted molar refractivity (Wildman–Crippen MR) is 236 cm³/mol. The number of rotatable bonds is 7. The fourth-order valence-corrected chi connectivity index (χ4v) is 11.1. The van der Waals surface area contributed by atoms with Gasteiger partial charge in [-0.2, -0.15) is 0 Å². The van der Waals surface area contributed by atoms with Crippen molar-refractivity contribution in [3.63, 3.8) is 0 Å². The molecule has 9 aromatic rings. The normalized spacial score (nSPS) is 17.7. The van der Waals surface area contributed by atoms with Crippen molar-refractivity contribution in [3.05, 3.63) is 188 Å². The number of nitrogens with zero attached hydrogens (tertiary/aromatic N) is 1. The number of hydrogen-bond acceptors (Lipinski definition) is 2. The van der Waals surface area contributed by atoms with Gasteiger partial charge in [0.15, 0.2) is 0 Å². The second kappa shape index (κ2) is 13.1. The molecular weight excluding hydrogens is 683 g/mol. The van der Waals surface area contributed by atoms with Crippen LogP contribution in [-0.2, 0) is 5.41 Å². The van der Waals surface area contributed by atoms with E-state index in [1.807, 2.05) is 11.3 Å². The van der Waals surface area contributed by atoms with Gasteiger partial charge in [0.25, 0.3) is 0 Å². The van der Waals surface area contributed by atoms with Crippen molar-refractivity contribution >= 4 is 59.3 Å². The standard InChI is InChI=1S/C53H41NS/c1-2-9-39(10-3-1)45-14-6-11-41-12-7-15-46(51(41)45)40-23-29-44(30-24-40)54(48-16-8-18-50-52(48)47-13-4-5-17-49(47)55-50)43-27-21-38(22-28-43)37-19-25-42(26-20-37)53-33-31-36(35-53)32-34-53/h1-30,36H,31-35H2. The topological polar surface area (TPSA) is 3.24 Å². The quantitative estimate of drug-likeness (QED) is 0.158. The summed E-state index contributed by atoms with van der Waals surface area (Å²) in [4.78, 5) is 2.45. The van der Waals surface area contributed by atoms with E-state index < -0.39 is 0 Å². The molecule has 0 saturated heterocycles. The van der Waals surface area contributed by atoms with Gasteiger partial charge in [0.05, 0.1) is 5.69 Å². The van der Waals surface area contributed by atoms with Crippen LogP contribution in [0.25, 0.3) is 64.3 Å². The van der Waals surface area contributed by atoms with Crippen LogP contribution in [0.2, 0.25) is 0 Å². The van der Waals surface area contributed by atoms with Crippen LogP contribution in [0.5, 0.6) is 0 Å². The molecule has 1 heterocycles. The molecule has 2 fully saturated rings. The molecule has 0 spiro atoms. The van der Waals surface area contributed by atoms with E-state index in [4.69, 9.17) is 0 Å². The maximum Gasteiger partial charge on any atom is 0.0554 e. The minimum atomic E-state index is 0.438. The SMILES string of the molecule is c1ccc(-c2cccc3cccc(-c4ccc(N(c5ccc(-c6ccc(C78CCC(CC7)C8)cc6)cc5)c5cccc6sc7ccccc7c56)cc4)c23)cc1. The number of hydrogen-bond donors (Lipinski definition) is 0. The molecule has 0 unspecified atom stereocenters. The molecule has 1 aromatic heterocycles. The summed E-state index contributed by atoms with van der Waals surface area (Å²) in [6, 6.07) is 67.6. The largest absolute Gasteiger partial charge is 0.310 e. The third-order valence-electron chi connectivity index (χ3n) is 12.7. The summed E-state index contributed by atoms with van der Waals surface area (Å²) in [5.41, 5.74) is 13.0. The molecule has 2 saturated carbocycles. The Labute approximate surface area is 327 Å². The van der Waals surface area contributed by atoms with Gasteiger partial charge in [-0.25, -0.2) is 0 Å². The van der Waals surface area contributed by atoms with Crippen molar-refractivity contribution in [2.24, 2.45) is 5.92 Å². The third kappa shape index (κ3) is 5.50. The number of thiophene rings is 1. The van der Waals surface area contributed by atoms with Crippen LogP contribution in [0.4, 0.5) is 17.1 Å². The molecule has 2 heteroatoms. The molecule has 11 rings (SSSR count). The van der Waals surface area contributed by atoms with Crippen molar-refractivity contribution in [3.8, 4) is 33.4 Å². The van der Waals surface area contributed by atoms with Gasteiger partial charge in [0, 0.05) is 31.5 Å². The van der Waals surface area contributed by atoms with Crippen LogP contribution in [0.1, 0.15) is 37.7 Å². The predicted octanol–water partition coefficient (Wildman–Crippen LogP) is 15.5. The molecule has 2 aliphatic rings. The van der Waals surface area contributed by atoms with Gasteiger partial charge in [-0.3, -0.25) is 0 Å². The Morgan fingerprint density at radius 3 is 1.67 bits per heavy atom. The molecule has 1 nitrogen and oxygen atoms in total. The first-order valence-electron chi connectivity index (χ1n) is 19.8. The summed E-state index contributed by atoms with van der Waals surface area (Å²) in [5, 5.41) is 5.14. The third-order valence-corrected chi connectivity index (χ3v) is 13.9. The Kier molecular flexibility index (Phi) is 7.74. The zero-order valence-corrected chi connectivity index (χ0v) is 31.6. The Hall–Kier alpha value is -5.96. The summed E-state index contributed by atoms with van der Waals surface area (Å²) in [5.74, 6) is 0.954. The highest BCUT2D eigenvalue weighted by molar-refractivity contribution is 7.26. The lowest BCUT2D eigenvalue weighted by Crippen LogP contribution is -2.19. The monoisotopic (exact) mass is 723 g/mol. The van der Waals surface area contributed by atoms with Crippen LogP contribution < -0.4 is 4.90 Å². The molecule has 0 atom stereocenters. The first-order chi connectivity index (χ1) is 27.2. The maximum absolute atomic E-state index is 2.45. The smallest absolute Gasteiger partial charge is 0.0554 e. The van der Waals surface area contributed by atoms with E-state index in [2.05, 4.69) is 187 Å². The Morgan fingerprint density at radius 1 is 0.455 bits per heavy atom. The highest BCUT2D eigenvalue weighted by Crippen LogP contribution is 2.55. The zero-order valence-electron chi connectivity index (χ0n) is 30.8. The van der Waals surface area contributed by atoms with Crippen molar-refractivity contribution in [1.82, 2.24) is 0 Å². The first-order valence-corrected chi connectivity index (χ1v) is 20.6. The lowest BCUT2D eigenvalue weighted by molar-refractivity contribution is 0.419. The van der Waals surface area contributed by atoms with Crippen LogP contribution in [0.15, 0.2) is 182 Å². The van der Waals surface area contributed by atoms with E-state index in [0.717, 1.165) is 17.3 Å². The molecule has 264 valence electrons. The summed E-state index contributed by atoms with van der Waals surface area (Å²) in [6.45, 7) is 0. The van der Waals surface area contributed by atoms with E-state index in [1.165, 1.54) is 102 Å². The van der Waals surface area contributed by atoms with Crippen molar-refractivity contribution in [2.45, 2.75) is 37.5 Å². The van der Waals surface area contributed by atoms with E-state index in [9.17, 15) is 0 Å². The van der Waals surface area contributed by atoms with Gasteiger partial charge in [-0.1, -0.05) is 140 Å². The fraction of sp³-hybridized carbons (Fsp3) is 0.132. The number of anilines is 3. The Morgan fingerprint density at radius 2 is 1.02 bits per heavy atom. The van der Waals surface area contributed by atoms with Crippen molar-refractivity contribution < 1.29 is 0 Å². The minimum Gasteiger partial charge on any atom is -0.310 e. The molecule has 0 radical (unpaired) electrons. The average molecular weight is 724 g/mol. The Bertz CT molecular complexity index is 2820. The van der Waals surface area contributed by atoms with Gasteiger partial charge in [-0.05, 0) is 136 Å². The summed E-state index contributed by atoms with van der Waals surface area (Å²) in [7, 11) is 0. The zero-order chi connectivity index (χ0) is 36.3. The van der Waals surface area contributed by atoms with Crippen LogP contribution >= 0.6 is 11.3 Å². The first kappa shape index (κ1) is 32.5. The minimum absolute atomic E-state index is 0.438. The highest BCUT2D eigenvalue weighted by atomic mass is 32.1. The molecule has 0 amide bonds. The molecule has 8 aromatic carbocycles. The van der Waals surface area contributed by atoms with Gasteiger partial charge in [0.1, 0.15) is 0 Å². The average Bonchev–Trinajstić information content (AvgIpc) is 3.99. The van der Waals surface area contributed by atoms with Crippen LogP contribution in [0, 0.1) is 5.92 Å². The molecule has 2 aliphatic carbocycles. The van der Waals surface area contributed by atoms with Crippen molar-refractivity contribution in [2.75, 3.05) is 4.90 Å². The van der Waals surface area contributed by atoms with Gasteiger partial charge in [0.2, 0.25) is 0 Å². The van der Waals surface area contributed by atoms with E-state index in [1.54, 1.807) is 5.56 Å². The second-order valence-electron chi connectivity index (χ2n) is 15.8. The Balaban J connectivity index is 1.01. The lowest BCUT2D eigenvalue weighted by Gasteiger charge is -2.27. The molecular formula is C53H41NS. The molecule has 0 aliphatic heterocycles. The maximum atomic E-state index is 2.45. The van der Waals surface area contributed by atoms with E-state index >= 15 is 0 Å². The van der Waals surface area contributed by atoms with Crippen LogP contribution in [-0.4, -0.2) is 0 Å². The highest BCUT2D eigenvalue weighted by Gasteiger charge is 2.45. The molecule has 0 N–H and O–H groups in total. The van der Waals surface area contributed by atoms with Gasteiger partial charge < -0.3 is 4.90 Å². The van der Waals surface area contributed by atoms with Gasteiger partial charge >= 0.3 is 0 Å². The number of benzene rings is 8. The summed E-state index contributed by atoms with van der Waals surface area (Å²) < 4.78 is 2.62. The second-order valence-corrected chi connectivity index (χ2v) is 16.8. The van der Waals surface area contributed by atoms with Crippen molar-refractivity contribution in [1.29, 1.82) is 0 Å². The van der Waals surface area contributed by atoms with E-state index in [0.29, 0.717) is 5.41 Å². The molecule has 55 heavy (non-hydrogen) atoms. The number of fused-ring (bicyclic) bond motifs is 6. The lowest BCUT2D eigenvalue weighted by atomic mass is 9.77. The van der Waals surface area contributed by atoms with Crippen LogP contribution in [0.3, 0.4) is 0 Å². The molecule has 2 bridgehead atoms. The van der Waals surface area contributed by atoms with E-state index in [-0.39, 0.29) is 0 Å².